The molecule has 9 heteroatoms. The second-order valence-electron chi connectivity index (χ2n) is 8.29. The smallest absolute Gasteiger partial charge is 0.210 e. The molecule has 7 nitrogen and oxygen atoms in total. The molecule has 0 saturated carbocycles. The molecule has 0 spiro atoms. The van der Waals surface area contributed by atoms with Crippen LogP contribution in [0.3, 0.4) is 0 Å². The molecule has 0 bridgehead atoms. The highest BCUT2D eigenvalue weighted by molar-refractivity contribution is 5.63. The first-order chi connectivity index (χ1) is 14.9. The molecule has 0 aliphatic carbocycles. The minimum absolute atomic E-state index is 0.0790. The second kappa shape index (κ2) is 9.03. The molecule has 3 heterocycles. The highest BCUT2D eigenvalue weighted by Crippen LogP contribution is 2.30. The fourth-order valence-corrected chi connectivity index (χ4v) is 3.96. The number of carbonyl (C=O) groups is 1. The number of nitrogens with one attached hydrogen (secondary N) is 1. The molecule has 1 fully saturated rings. The van der Waals surface area contributed by atoms with E-state index in [0.29, 0.717) is 51.3 Å². The van der Waals surface area contributed by atoms with Gasteiger partial charge in [-0.25, -0.2) is 18.7 Å². The Bertz CT molecular complexity index is 948. The van der Waals surface area contributed by atoms with E-state index in [0.717, 1.165) is 29.7 Å². The van der Waals surface area contributed by atoms with Gasteiger partial charge in [0, 0.05) is 51.0 Å². The molecule has 0 unspecified atom stereocenters. The van der Waals surface area contributed by atoms with Gasteiger partial charge in [-0.2, -0.15) is 0 Å². The zero-order valence-corrected chi connectivity index (χ0v) is 17.8. The number of amides is 1. The highest BCUT2D eigenvalue weighted by atomic mass is 19.1. The number of ether oxygens (including phenoxy) is 1. The topological polar surface area (TPSA) is 70.6 Å². The average Bonchev–Trinajstić information content (AvgIpc) is 2.75. The molecule has 1 saturated heterocycles. The van der Waals surface area contributed by atoms with E-state index in [4.69, 9.17) is 14.7 Å². The van der Waals surface area contributed by atoms with E-state index < -0.39 is 11.6 Å². The Morgan fingerprint density at radius 3 is 2.61 bits per heavy atom. The molecule has 2 aromatic rings. The average molecular weight is 431 g/mol. The van der Waals surface area contributed by atoms with Gasteiger partial charge in [0.1, 0.15) is 11.9 Å². The lowest BCUT2D eigenvalue weighted by Gasteiger charge is -2.35. The van der Waals surface area contributed by atoms with Gasteiger partial charge >= 0.3 is 0 Å². The van der Waals surface area contributed by atoms with Crippen molar-refractivity contribution < 1.29 is 18.3 Å². The van der Waals surface area contributed by atoms with E-state index in [-0.39, 0.29) is 17.9 Å². The summed E-state index contributed by atoms with van der Waals surface area (Å²) in [5.41, 5.74) is 1.75. The number of halogens is 2. The Labute approximate surface area is 180 Å². The van der Waals surface area contributed by atoms with Crippen LogP contribution in [0.5, 0.6) is 5.75 Å². The van der Waals surface area contributed by atoms with Crippen molar-refractivity contribution in [3.8, 4) is 5.75 Å². The zero-order valence-electron chi connectivity index (χ0n) is 17.8. The van der Waals surface area contributed by atoms with Crippen molar-refractivity contribution in [2.24, 2.45) is 0 Å². The summed E-state index contributed by atoms with van der Waals surface area (Å²) in [4.78, 5) is 24.7. The quantitative estimate of drug-likeness (QED) is 0.709. The molecule has 0 radical (unpaired) electrons. The minimum atomic E-state index is -0.684. The molecule has 1 aromatic heterocycles. The molecule has 31 heavy (non-hydrogen) atoms. The van der Waals surface area contributed by atoms with E-state index >= 15 is 0 Å². The first kappa shape index (κ1) is 21.3. The van der Waals surface area contributed by atoms with Crippen LogP contribution in [-0.4, -0.2) is 53.1 Å². The Kier molecular flexibility index (Phi) is 6.20. The normalized spacial score (nSPS) is 16.9. The van der Waals surface area contributed by atoms with Crippen LogP contribution < -0.4 is 15.0 Å². The highest BCUT2D eigenvalue weighted by Gasteiger charge is 2.27. The largest absolute Gasteiger partial charge is 0.487 e. The van der Waals surface area contributed by atoms with Crippen LogP contribution in [-0.2, 0) is 17.8 Å². The molecule has 2 aliphatic heterocycles. The summed E-state index contributed by atoms with van der Waals surface area (Å²) in [7, 11) is 0. The van der Waals surface area contributed by atoms with Gasteiger partial charge in [0.15, 0.2) is 23.2 Å². The Morgan fingerprint density at radius 2 is 1.94 bits per heavy atom. The standard InChI is InChI=1S/C22H27F2N5O2/c1-14(2)25-21-22(27-18-7-8-28(13-30)12-19(18)26-21)29-9-5-16(6-10-29)31-20-4-3-15(23)11-17(20)24/h3-4,11,13-14,16H,5-10,12H2,1-2H3,(H,25,26). The number of aromatic nitrogens is 2. The maximum absolute atomic E-state index is 13.9. The number of fused-ring (bicyclic) bond motifs is 1. The number of hydrogen-bond acceptors (Lipinski definition) is 6. The van der Waals surface area contributed by atoms with E-state index in [1.165, 1.54) is 12.1 Å². The number of nitrogens with zero attached hydrogens (tertiary/aromatic N) is 4. The van der Waals surface area contributed by atoms with E-state index in [2.05, 4.69) is 10.2 Å². The van der Waals surface area contributed by atoms with Gasteiger partial charge in [-0.15, -0.1) is 0 Å². The number of anilines is 2. The summed E-state index contributed by atoms with van der Waals surface area (Å²) in [6, 6.07) is 3.55. The van der Waals surface area contributed by atoms with Crippen LogP contribution in [0.1, 0.15) is 38.1 Å². The molecule has 1 aromatic carbocycles. The van der Waals surface area contributed by atoms with Crippen LogP contribution in [0.4, 0.5) is 20.4 Å². The molecule has 166 valence electrons. The second-order valence-corrected chi connectivity index (χ2v) is 8.29. The van der Waals surface area contributed by atoms with Crippen LogP contribution in [0.2, 0.25) is 0 Å². The minimum Gasteiger partial charge on any atom is -0.487 e. The Balaban J connectivity index is 1.48. The van der Waals surface area contributed by atoms with Crippen molar-refractivity contribution in [2.45, 2.75) is 51.8 Å². The van der Waals surface area contributed by atoms with Crippen molar-refractivity contribution in [3.05, 3.63) is 41.2 Å². The molecule has 0 atom stereocenters. The Hall–Kier alpha value is -2.97. The van der Waals surface area contributed by atoms with Crippen molar-refractivity contribution in [2.75, 3.05) is 29.9 Å². The first-order valence-corrected chi connectivity index (χ1v) is 10.6. The van der Waals surface area contributed by atoms with E-state index in [1.807, 2.05) is 13.8 Å². The summed E-state index contributed by atoms with van der Waals surface area (Å²) >= 11 is 0. The number of rotatable bonds is 6. The van der Waals surface area contributed by atoms with Gasteiger partial charge in [0.2, 0.25) is 6.41 Å². The lowest BCUT2D eigenvalue weighted by atomic mass is 10.1. The summed E-state index contributed by atoms with van der Waals surface area (Å²) in [6.45, 7) is 6.57. The van der Waals surface area contributed by atoms with Gasteiger partial charge in [-0.3, -0.25) is 4.79 Å². The number of benzene rings is 1. The van der Waals surface area contributed by atoms with Gasteiger partial charge < -0.3 is 19.9 Å². The van der Waals surface area contributed by atoms with Crippen molar-refractivity contribution in [1.29, 1.82) is 0 Å². The predicted octanol–water partition coefficient (Wildman–Crippen LogP) is 3.14. The lowest BCUT2D eigenvalue weighted by molar-refractivity contribution is -0.119. The fraction of sp³-hybridized carbons (Fsp3) is 0.500. The fourth-order valence-electron chi connectivity index (χ4n) is 3.96. The third kappa shape index (κ3) is 4.86. The van der Waals surface area contributed by atoms with E-state index in [1.54, 1.807) is 4.90 Å². The number of hydrogen-bond donors (Lipinski definition) is 1. The SMILES string of the molecule is CC(C)Nc1nc2c(nc1N1CCC(Oc3ccc(F)cc3F)CC1)CCN(C=O)C2. The number of carbonyl (C=O) groups excluding carboxylic acids is 1. The lowest BCUT2D eigenvalue weighted by Crippen LogP contribution is -2.40. The van der Waals surface area contributed by atoms with Gasteiger partial charge in [0.25, 0.3) is 0 Å². The van der Waals surface area contributed by atoms with Crippen molar-refractivity contribution >= 4 is 18.0 Å². The molecular weight excluding hydrogens is 404 g/mol. The summed E-state index contributed by atoms with van der Waals surface area (Å²) < 4.78 is 32.8. The summed E-state index contributed by atoms with van der Waals surface area (Å²) in [6.07, 6.45) is 2.76. The molecule has 4 rings (SSSR count). The third-order valence-corrected chi connectivity index (χ3v) is 5.52. The number of piperidine rings is 1. The molecular formula is C22H27F2N5O2. The van der Waals surface area contributed by atoms with Crippen LogP contribution in [0.25, 0.3) is 0 Å². The molecule has 1 amide bonds. The Morgan fingerprint density at radius 1 is 1.16 bits per heavy atom. The summed E-state index contributed by atoms with van der Waals surface area (Å²) in [5.74, 6) is 0.294. The van der Waals surface area contributed by atoms with Crippen LogP contribution >= 0.6 is 0 Å². The third-order valence-electron chi connectivity index (χ3n) is 5.52. The van der Waals surface area contributed by atoms with Gasteiger partial charge in [0.05, 0.1) is 17.9 Å². The van der Waals surface area contributed by atoms with E-state index in [9.17, 15) is 13.6 Å². The maximum atomic E-state index is 13.9. The van der Waals surface area contributed by atoms with Crippen LogP contribution in [0.15, 0.2) is 18.2 Å². The zero-order chi connectivity index (χ0) is 22.0. The van der Waals surface area contributed by atoms with Gasteiger partial charge in [-0.1, -0.05) is 0 Å². The monoisotopic (exact) mass is 431 g/mol. The molecule has 1 N–H and O–H groups in total. The van der Waals surface area contributed by atoms with Crippen molar-refractivity contribution in [1.82, 2.24) is 14.9 Å². The van der Waals surface area contributed by atoms with Crippen molar-refractivity contribution in [3.63, 3.8) is 0 Å². The van der Waals surface area contributed by atoms with Crippen LogP contribution in [0, 0.1) is 11.6 Å². The van der Waals surface area contributed by atoms with Gasteiger partial charge in [-0.05, 0) is 26.0 Å². The maximum Gasteiger partial charge on any atom is 0.210 e. The summed E-state index contributed by atoms with van der Waals surface area (Å²) in [5, 5.41) is 3.38. The predicted molar refractivity (Wildman–Crippen MR) is 113 cm³/mol. The first-order valence-electron chi connectivity index (χ1n) is 10.6. The molecule has 2 aliphatic rings.